The molecule has 3 aromatic rings. The normalized spacial score (nSPS) is 11.5. The van der Waals surface area contributed by atoms with Gasteiger partial charge in [-0.25, -0.2) is 18.7 Å². The second-order valence-electron chi connectivity index (χ2n) is 7.95. The third-order valence-electron chi connectivity index (χ3n) is 5.06. The molecule has 178 valence electrons. The summed E-state index contributed by atoms with van der Waals surface area (Å²) in [5.74, 6) is -1.58. The minimum atomic E-state index is -0.821. The Labute approximate surface area is 197 Å². The van der Waals surface area contributed by atoms with Crippen molar-refractivity contribution in [3.63, 3.8) is 0 Å². The van der Waals surface area contributed by atoms with Crippen molar-refractivity contribution in [3.05, 3.63) is 83.7 Å². The number of amides is 2. The topological polar surface area (TPSA) is 87.2 Å². The van der Waals surface area contributed by atoms with Gasteiger partial charge in [0.15, 0.2) is 5.82 Å². The van der Waals surface area contributed by atoms with E-state index in [0.717, 1.165) is 23.8 Å². The zero-order valence-corrected chi connectivity index (χ0v) is 19.1. The van der Waals surface area contributed by atoms with Gasteiger partial charge in [0.2, 0.25) is 11.8 Å². The van der Waals surface area contributed by atoms with Gasteiger partial charge in [-0.1, -0.05) is 43.7 Å². The Hall–Kier alpha value is -3.88. The molecule has 2 N–H and O–H groups in total. The number of anilines is 2. The van der Waals surface area contributed by atoms with Crippen LogP contribution in [0.25, 0.3) is 0 Å². The van der Waals surface area contributed by atoms with E-state index in [9.17, 15) is 18.4 Å². The Balaban J connectivity index is 1.58. The van der Waals surface area contributed by atoms with Gasteiger partial charge in [-0.15, -0.1) is 0 Å². The molecule has 1 atom stereocenters. The molecule has 1 unspecified atom stereocenters. The Morgan fingerprint density at radius 2 is 1.71 bits per heavy atom. The van der Waals surface area contributed by atoms with Crippen LogP contribution in [0, 0.1) is 11.6 Å². The van der Waals surface area contributed by atoms with Crippen LogP contribution in [0.2, 0.25) is 0 Å². The molecule has 1 aromatic heterocycles. The van der Waals surface area contributed by atoms with Gasteiger partial charge in [0.05, 0.1) is 18.8 Å². The minimum Gasteiger partial charge on any atom is -0.354 e. The summed E-state index contributed by atoms with van der Waals surface area (Å²) < 4.78 is 26.7. The predicted molar refractivity (Wildman–Crippen MR) is 126 cm³/mol. The van der Waals surface area contributed by atoms with Gasteiger partial charge >= 0.3 is 0 Å². The van der Waals surface area contributed by atoms with Crippen LogP contribution in [0.4, 0.5) is 20.4 Å². The number of halogens is 2. The summed E-state index contributed by atoms with van der Waals surface area (Å²) >= 11 is 0. The monoisotopic (exact) mass is 467 g/mol. The molecule has 2 amide bonds. The fourth-order valence-corrected chi connectivity index (χ4v) is 3.44. The molecule has 0 saturated heterocycles. The molecule has 0 aliphatic rings. The number of benzene rings is 2. The van der Waals surface area contributed by atoms with Crippen molar-refractivity contribution in [2.24, 2.45) is 0 Å². The van der Waals surface area contributed by atoms with Gasteiger partial charge in [0.1, 0.15) is 23.5 Å². The average Bonchev–Trinajstić information content (AvgIpc) is 2.79. The first-order valence-electron chi connectivity index (χ1n) is 11.0. The van der Waals surface area contributed by atoms with E-state index < -0.39 is 29.5 Å². The molecule has 0 radical (unpaired) electrons. The van der Waals surface area contributed by atoms with Crippen LogP contribution in [-0.4, -0.2) is 34.9 Å². The molecule has 2 aromatic carbocycles. The second-order valence-corrected chi connectivity index (χ2v) is 7.95. The maximum absolute atomic E-state index is 13.4. The highest BCUT2D eigenvalue weighted by molar-refractivity contribution is 5.96. The molecule has 3 rings (SSSR count). The van der Waals surface area contributed by atoms with Crippen LogP contribution in [0.1, 0.15) is 30.9 Å². The summed E-state index contributed by atoms with van der Waals surface area (Å²) in [5.41, 5.74) is 1.31. The van der Waals surface area contributed by atoms with Gasteiger partial charge in [-0.2, -0.15) is 0 Å². The zero-order chi connectivity index (χ0) is 24.5. The van der Waals surface area contributed by atoms with Gasteiger partial charge in [-0.05, 0) is 29.7 Å². The molecule has 0 spiro atoms. The maximum atomic E-state index is 13.4. The Bertz CT molecular complexity index is 1090. The van der Waals surface area contributed by atoms with E-state index in [0.29, 0.717) is 25.2 Å². The highest BCUT2D eigenvalue weighted by atomic mass is 19.1. The molecule has 0 fully saturated rings. The lowest BCUT2D eigenvalue weighted by Gasteiger charge is -2.19. The average molecular weight is 468 g/mol. The Kier molecular flexibility index (Phi) is 8.61. The number of nitrogens with one attached hydrogen (secondary N) is 2. The van der Waals surface area contributed by atoms with Crippen molar-refractivity contribution < 1.29 is 18.4 Å². The first-order valence-corrected chi connectivity index (χ1v) is 11.0. The van der Waals surface area contributed by atoms with E-state index in [2.05, 4.69) is 20.6 Å². The molecular formula is C25H27F2N5O2. The highest BCUT2D eigenvalue weighted by Crippen LogP contribution is 2.14. The van der Waals surface area contributed by atoms with Crippen LogP contribution >= 0.6 is 0 Å². The summed E-state index contributed by atoms with van der Waals surface area (Å²) in [6, 6.07) is 12.0. The van der Waals surface area contributed by atoms with Crippen LogP contribution in [0.5, 0.6) is 0 Å². The van der Waals surface area contributed by atoms with Crippen molar-refractivity contribution >= 4 is 23.5 Å². The van der Waals surface area contributed by atoms with Crippen molar-refractivity contribution in [3.8, 4) is 0 Å². The number of carbonyl (C=O) groups is 2. The van der Waals surface area contributed by atoms with Crippen LogP contribution in [0.3, 0.4) is 0 Å². The molecule has 7 nitrogen and oxygen atoms in total. The molecule has 34 heavy (non-hydrogen) atoms. The largest absolute Gasteiger partial charge is 0.354 e. The lowest BCUT2D eigenvalue weighted by Crippen LogP contribution is -2.44. The lowest BCUT2D eigenvalue weighted by molar-refractivity contribution is -0.126. The molecule has 0 aliphatic carbocycles. The van der Waals surface area contributed by atoms with Gasteiger partial charge in [0.25, 0.3) is 0 Å². The molecule has 0 saturated carbocycles. The summed E-state index contributed by atoms with van der Waals surface area (Å²) in [6.07, 6.45) is 3.80. The molecule has 1 heterocycles. The zero-order valence-electron chi connectivity index (χ0n) is 19.1. The Morgan fingerprint density at radius 3 is 2.32 bits per heavy atom. The number of nitrogens with zero attached hydrogens (tertiary/aromatic N) is 3. The van der Waals surface area contributed by atoms with Crippen molar-refractivity contribution in [2.45, 2.75) is 38.8 Å². The summed E-state index contributed by atoms with van der Waals surface area (Å²) in [4.78, 5) is 35.7. The molecule has 9 heteroatoms. The van der Waals surface area contributed by atoms with E-state index in [1.54, 1.807) is 6.20 Å². The van der Waals surface area contributed by atoms with Crippen molar-refractivity contribution in [2.75, 3.05) is 17.3 Å². The van der Waals surface area contributed by atoms with Gasteiger partial charge in [0, 0.05) is 19.7 Å². The third kappa shape index (κ3) is 7.33. The first kappa shape index (κ1) is 24.8. The Morgan fingerprint density at radius 1 is 1.00 bits per heavy atom. The van der Waals surface area contributed by atoms with Crippen LogP contribution < -0.4 is 15.5 Å². The molecular weight excluding hydrogens is 440 g/mol. The summed E-state index contributed by atoms with van der Waals surface area (Å²) in [5, 5.41) is 5.29. The SMILES string of the molecule is CCCC(NC(=O)Cc1cc(F)cc(F)c1)C(=O)Nc1cnc(N(C)Cc2ccccc2)cn1. The van der Waals surface area contributed by atoms with E-state index in [1.807, 2.05) is 49.2 Å². The number of rotatable bonds is 10. The number of hydrogen-bond acceptors (Lipinski definition) is 5. The van der Waals surface area contributed by atoms with Gasteiger partial charge < -0.3 is 15.5 Å². The van der Waals surface area contributed by atoms with Crippen molar-refractivity contribution in [1.29, 1.82) is 0 Å². The van der Waals surface area contributed by atoms with Gasteiger partial charge in [-0.3, -0.25) is 9.59 Å². The van der Waals surface area contributed by atoms with E-state index in [4.69, 9.17) is 0 Å². The van der Waals surface area contributed by atoms with Crippen LogP contribution in [-0.2, 0) is 22.6 Å². The molecule has 0 aliphatic heterocycles. The second kappa shape index (κ2) is 11.8. The number of hydrogen-bond donors (Lipinski definition) is 2. The highest BCUT2D eigenvalue weighted by Gasteiger charge is 2.21. The summed E-state index contributed by atoms with van der Waals surface area (Å²) in [7, 11) is 1.90. The number of aromatic nitrogens is 2. The first-order chi connectivity index (χ1) is 16.3. The van der Waals surface area contributed by atoms with E-state index in [1.165, 1.54) is 6.20 Å². The smallest absolute Gasteiger partial charge is 0.248 e. The van der Waals surface area contributed by atoms with Crippen molar-refractivity contribution in [1.82, 2.24) is 15.3 Å². The third-order valence-corrected chi connectivity index (χ3v) is 5.06. The maximum Gasteiger partial charge on any atom is 0.248 e. The quantitative estimate of drug-likeness (QED) is 0.473. The summed E-state index contributed by atoms with van der Waals surface area (Å²) in [6.45, 7) is 2.53. The van der Waals surface area contributed by atoms with E-state index >= 15 is 0 Å². The fraction of sp³-hybridized carbons (Fsp3) is 0.280. The fourth-order valence-electron chi connectivity index (χ4n) is 3.44. The number of carbonyl (C=O) groups excluding carboxylic acids is 2. The van der Waals surface area contributed by atoms with E-state index in [-0.39, 0.29) is 17.8 Å². The standard InChI is InChI=1S/C25H27F2N5O2/c1-3-7-21(30-24(33)12-18-10-19(26)13-20(27)11-18)25(34)31-22-14-29-23(15-28-22)32(2)16-17-8-5-4-6-9-17/h4-6,8-11,13-15,21H,3,7,12,16H2,1-2H3,(H,30,33)(H,28,31,34). The predicted octanol–water partition coefficient (Wildman–Crippen LogP) is 3.86. The van der Waals surface area contributed by atoms with Crippen LogP contribution in [0.15, 0.2) is 60.9 Å². The minimum absolute atomic E-state index is 0.187. The molecule has 0 bridgehead atoms. The lowest BCUT2D eigenvalue weighted by atomic mass is 10.1.